The van der Waals surface area contributed by atoms with Gasteiger partial charge in [0.1, 0.15) is 5.82 Å². The van der Waals surface area contributed by atoms with Gasteiger partial charge >= 0.3 is 0 Å². The van der Waals surface area contributed by atoms with Gasteiger partial charge in [0, 0.05) is 18.5 Å². The Labute approximate surface area is 162 Å². The van der Waals surface area contributed by atoms with Crippen LogP contribution in [0, 0.1) is 12.3 Å². The lowest BCUT2D eigenvalue weighted by molar-refractivity contribution is 0.000724. The Morgan fingerprint density at radius 1 is 1.19 bits per heavy atom. The van der Waals surface area contributed by atoms with E-state index < -0.39 is 0 Å². The quantitative estimate of drug-likeness (QED) is 0.541. The maximum Gasteiger partial charge on any atom is 0.230 e. The number of rotatable bonds is 7. The number of aryl methyl sites for hydroxylation is 1. The van der Waals surface area contributed by atoms with Crippen LogP contribution in [0.4, 0.5) is 11.8 Å². The summed E-state index contributed by atoms with van der Waals surface area (Å²) in [4.78, 5) is 10.2. The Balaban J connectivity index is 1.57. The second kappa shape index (κ2) is 8.18. The predicted octanol–water partition coefficient (Wildman–Crippen LogP) is 3.03. The lowest BCUT2D eigenvalue weighted by atomic mass is 9.95. The minimum Gasteiger partial charge on any atom is -0.382 e. The summed E-state index contributed by atoms with van der Waals surface area (Å²) >= 11 is 1.38. The first-order chi connectivity index (χ1) is 13.2. The first kappa shape index (κ1) is 18.1. The standard InChI is InChI=1S/C18H25N7OS/c1-11-15-16(21-12-5-3-2-4-6-12)23-18(24-17(15)27-25-11)22-13(7-19)8-20-14-9-26-10-14/h7-8,12,14,19-20H,2-6,9-10H2,1H3,(H2,21,22,23,24)/b13-8+,19-7?. The van der Waals surface area contributed by atoms with Crippen LogP contribution in [0.25, 0.3) is 10.2 Å². The molecule has 2 fully saturated rings. The van der Waals surface area contributed by atoms with E-state index in [1.165, 1.54) is 49.9 Å². The molecule has 27 heavy (non-hydrogen) atoms. The van der Waals surface area contributed by atoms with Gasteiger partial charge in [-0.3, -0.25) is 0 Å². The van der Waals surface area contributed by atoms with E-state index in [2.05, 4.69) is 25.3 Å². The van der Waals surface area contributed by atoms with Gasteiger partial charge in [0.15, 0.2) is 4.83 Å². The summed E-state index contributed by atoms with van der Waals surface area (Å²) in [6.45, 7) is 3.38. The molecule has 0 aromatic carbocycles. The molecule has 0 amide bonds. The number of fused-ring (bicyclic) bond motifs is 1. The summed E-state index contributed by atoms with van der Waals surface area (Å²) in [5.74, 6) is 1.32. The first-order valence-electron chi connectivity index (χ1n) is 9.45. The second-order valence-corrected chi connectivity index (χ2v) is 7.85. The molecule has 8 nitrogen and oxygen atoms in total. The number of nitrogens with one attached hydrogen (secondary N) is 4. The fraction of sp³-hybridized carbons (Fsp3) is 0.556. The fourth-order valence-corrected chi connectivity index (χ4v) is 4.15. The summed E-state index contributed by atoms with van der Waals surface area (Å²) < 4.78 is 9.60. The monoisotopic (exact) mass is 387 g/mol. The minimum atomic E-state index is 0.304. The van der Waals surface area contributed by atoms with Crippen molar-refractivity contribution < 1.29 is 4.74 Å². The molecule has 0 radical (unpaired) electrons. The molecule has 2 aromatic heterocycles. The van der Waals surface area contributed by atoms with E-state index in [-0.39, 0.29) is 0 Å². The van der Waals surface area contributed by atoms with Crippen molar-refractivity contribution in [3.05, 3.63) is 17.6 Å². The van der Waals surface area contributed by atoms with E-state index in [9.17, 15) is 0 Å². The third kappa shape index (κ3) is 4.19. The molecule has 0 bridgehead atoms. The molecule has 144 valence electrons. The lowest BCUT2D eigenvalue weighted by Gasteiger charge is -2.26. The number of ether oxygens (including phenoxy) is 1. The van der Waals surface area contributed by atoms with Gasteiger partial charge in [-0.25, -0.2) is 0 Å². The van der Waals surface area contributed by atoms with E-state index >= 15 is 0 Å². The van der Waals surface area contributed by atoms with Crippen LogP contribution in [0.2, 0.25) is 0 Å². The molecule has 1 saturated heterocycles. The van der Waals surface area contributed by atoms with Crippen LogP contribution < -0.4 is 16.0 Å². The Kier molecular flexibility index (Phi) is 5.49. The van der Waals surface area contributed by atoms with Crippen LogP contribution in [-0.4, -0.2) is 45.9 Å². The van der Waals surface area contributed by atoms with E-state index in [4.69, 9.17) is 15.1 Å². The van der Waals surface area contributed by atoms with Crippen molar-refractivity contribution in [1.29, 1.82) is 5.41 Å². The average Bonchev–Trinajstić information content (AvgIpc) is 3.01. The lowest BCUT2D eigenvalue weighted by Crippen LogP contribution is -2.43. The number of anilines is 2. The fourth-order valence-electron chi connectivity index (χ4n) is 3.37. The molecule has 9 heteroatoms. The molecule has 0 unspecified atom stereocenters. The van der Waals surface area contributed by atoms with E-state index in [1.807, 2.05) is 6.92 Å². The number of hydrogen-bond acceptors (Lipinski definition) is 9. The van der Waals surface area contributed by atoms with Crippen molar-refractivity contribution in [2.75, 3.05) is 23.8 Å². The van der Waals surface area contributed by atoms with Crippen molar-refractivity contribution >= 4 is 39.7 Å². The summed E-state index contributed by atoms with van der Waals surface area (Å²) in [6, 6.07) is 0.750. The van der Waals surface area contributed by atoms with Crippen molar-refractivity contribution in [1.82, 2.24) is 19.7 Å². The summed E-state index contributed by atoms with van der Waals surface area (Å²) in [7, 11) is 0. The highest BCUT2D eigenvalue weighted by molar-refractivity contribution is 7.13. The summed E-state index contributed by atoms with van der Waals surface area (Å²) in [5, 5.41) is 18.6. The largest absolute Gasteiger partial charge is 0.382 e. The maximum atomic E-state index is 7.65. The third-order valence-corrected chi connectivity index (χ3v) is 5.81. The molecule has 1 aliphatic carbocycles. The Morgan fingerprint density at radius 2 is 2.00 bits per heavy atom. The molecule has 4 rings (SSSR count). The van der Waals surface area contributed by atoms with Crippen LogP contribution in [0.1, 0.15) is 37.8 Å². The number of allylic oxidation sites excluding steroid dienone is 1. The van der Waals surface area contributed by atoms with Crippen LogP contribution >= 0.6 is 11.5 Å². The highest BCUT2D eigenvalue weighted by Crippen LogP contribution is 2.30. The zero-order valence-corrected chi connectivity index (χ0v) is 16.2. The van der Waals surface area contributed by atoms with E-state index in [0.717, 1.165) is 21.7 Å². The van der Waals surface area contributed by atoms with E-state index in [1.54, 1.807) is 6.20 Å². The maximum absolute atomic E-state index is 7.65. The van der Waals surface area contributed by atoms with Gasteiger partial charge in [0.2, 0.25) is 5.95 Å². The van der Waals surface area contributed by atoms with Gasteiger partial charge in [0.25, 0.3) is 0 Å². The first-order valence-corrected chi connectivity index (χ1v) is 10.2. The Morgan fingerprint density at radius 3 is 2.70 bits per heavy atom. The zero-order valence-electron chi connectivity index (χ0n) is 15.4. The zero-order chi connectivity index (χ0) is 18.6. The van der Waals surface area contributed by atoms with Crippen LogP contribution in [0.15, 0.2) is 11.9 Å². The Hall–Kier alpha value is -2.26. The van der Waals surface area contributed by atoms with Gasteiger partial charge in [-0.2, -0.15) is 14.3 Å². The van der Waals surface area contributed by atoms with Crippen molar-refractivity contribution in [2.24, 2.45) is 0 Å². The smallest absolute Gasteiger partial charge is 0.230 e. The predicted molar refractivity (Wildman–Crippen MR) is 109 cm³/mol. The molecule has 0 atom stereocenters. The van der Waals surface area contributed by atoms with Crippen molar-refractivity contribution in [3.63, 3.8) is 0 Å². The number of nitrogens with zero attached hydrogens (tertiary/aromatic N) is 3. The molecule has 2 aromatic rings. The molecule has 2 aliphatic rings. The SMILES string of the molecule is Cc1nsc2nc(N/C(C=N)=C/NC3COC3)nc(NC3CCCCC3)c12. The third-order valence-electron chi connectivity index (χ3n) is 4.98. The minimum absolute atomic E-state index is 0.304. The van der Waals surface area contributed by atoms with Crippen LogP contribution in [-0.2, 0) is 4.74 Å². The van der Waals surface area contributed by atoms with Gasteiger partial charge in [-0.1, -0.05) is 19.3 Å². The van der Waals surface area contributed by atoms with Gasteiger partial charge in [0.05, 0.1) is 36.0 Å². The van der Waals surface area contributed by atoms with E-state index in [0.29, 0.717) is 36.9 Å². The normalized spacial score (nSPS) is 18.9. The average molecular weight is 388 g/mol. The molecule has 3 heterocycles. The molecular formula is C18H25N7OS. The number of hydrogen-bond donors (Lipinski definition) is 4. The Bertz CT molecular complexity index is 840. The van der Waals surface area contributed by atoms with Gasteiger partial charge < -0.3 is 26.1 Å². The molecule has 1 aliphatic heterocycles. The summed E-state index contributed by atoms with van der Waals surface area (Å²) in [6.07, 6.45) is 9.21. The van der Waals surface area contributed by atoms with Gasteiger partial charge in [-0.15, -0.1) is 0 Å². The topological polar surface area (TPSA) is 108 Å². The highest BCUT2D eigenvalue weighted by Gasteiger charge is 2.19. The molecule has 1 saturated carbocycles. The second-order valence-electron chi connectivity index (χ2n) is 7.09. The number of aromatic nitrogens is 3. The molecular weight excluding hydrogens is 362 g/mol. The highest BCUT2D eigenvalue weighted by atomic mass is 32.1. The van der Waals surface area contributed by atoms with Crippen LogP contribution in [0.5, 0.6) is 0 Å². The van der Waals surface area contributed by atoms with Gasteiger partial charge in [-0.05, 0) is 31.3 Å². The molecule has 4 N–H and O–H groups in total. The van der Waals surface area contributed by atoms with Crippen LogP contribution in [0.3, 0.4) is 0 Å². The molecule has 0 spiro atoms. The van der Waals surface area contributed by atoms with Crippen molar-refractivity contribution in [2.45, 2.75) is 51.1 Å². The van der Waals surface area contributed by atoms with Crippen molar-refractivity contribution in [3.8, 4) is 0 Å². The summed E-state index contributed by atoms with van der Waals surface area (Å²) in [5.41, 5.74) is 1.56.